The number of fused-ring (bicyclic) bond motifs is 1. The van der Waals surface area contributed by atoms with E-state index >= 15 is 0 Å². The average molecular weight is 248 g/mol. The van der Waals surface area contributed by atoms with E-state index in [1.807, 2.05) is 24.8 Å². The number of hydrogen-bond acceptors (Lipinski definition) is 5. The van der Waals surface area contributed by atoms with Crippen molar-refractivity contribution in [3.8, 4) is 0 Å². The molecule has 0 radical (unpaired) electrons. The number of rotatable bonds is 1. The largest absolute Gasteiger partial charge is 0.373 e. The molecular weight excluding hydrogens is 232 g/mol. The smallest absolute Gasteiger partial charge is 0.227 e. The Morgan fingerprint density at radius 2 is 2.00 bits per heavy atom. The van der Waals surface area contributed by atoms with Crippen molar-refractivity contribution < 1.29 is 9.90 Å². The standard InChI is InChI=1S/C12H16N4O2/c1-6-3-7(2)14-12(13-6)16-4-8-9(5-16)11(18)15-10(8)17/h3,8-10,17H,4-5H2,1-2H3,(H,15,18)/t8-,9+,10?/m0/s1. The summed E-state index contributed by atoms with van der Waals surface area (Å²) in [5.74, 6) is 0.382. The number of carbonyl (C=O) groups excluding carboxylic acids is 1. The monoisotopic (exact) mass is 248 g/mol. The van der Waals surface area contributed by atoms with Crippen LogP contribution in [0.2, 0.25) is 0 Å². The van der Waals surface area contributed by atoms with Crippen molar-refractivity contribution in [1.82, 2.24) is 15.3 Å². The molecule has 3 rings (SSSR count). The first-order chi connectivity index (χ1) is 8.54. The van der Waals surface area contributed by atoms with Gasteiger partial charge >= 0.3 is 0 Å². The third-order valence-corrected chi connectivity index (χ3v) is 3.65. The van der Waals surface area contributed by atoms with Gasteiger partial charge in [-0.05, 0) is 19.9 Å². The fourth-order valence-electron chi connectivity index (χ4n) is 2.80. The topological polar surface area (TPSA) is 78.4 Å². The Balaban J connectivity index is 1.86. The number of nitrogens with one attached hydrogen (secondary N) is 1. The number of aliphatic hydroxyl groups excluding tert-OH is 1. The van der Waals surface area contributed by atoms with Crippen molar-refractivity contribution >= 4 is 11.9 Å². The van der Waals surface area contributed by atoms with Gasteiger partial charge in [0.15, 0.2) is 0 Å². The van der Waals surface area contributed by atoms with Gasteiger partial charge in [0.25, 0.3) is 0 Å². The molecule has 0 bridgehead atoms. The van der Waals surface area contributed by atoms with Crippen LogP contribution in [-0.4, -0.2) is 40.3 Å². The van der Waals surface area contributed by atoms with Crippen LogP contribution in [0.4, 0.5) is 5.95 Å². The number of aryl methyl sites for hydroxylation is 2. The number of nitrogens with zero attached hydrogens (tertiary/aromatic N) is 3. The van der Waals surface area contributed by atoms with E-state index in [2.05, 4.69) is 15.3 Å². The van der Waals surface area contributed by atoms with Crippen LogP contribution in [0.15, 0.2) is 6.07 Å². The molecule has 0 saturated carbocycles. The molecule has 1 amide bonds. The van der Waals surface area contributed by atoms with Crippen LogP contribution in [0, 0.1) is 25.7 Å². The first-order valence-corrected chi connectivity index (χ1v) is 6.10. The summed E-state index contributed by atoms with van der Waals surface area (Å²) in [6.45, 7) is 5.05. The minimum Gasteiger partial charge on any atom is -0.373 e. The first-order valence-electron chi connectivity index (χ1n) is 6.10. The molecule has 18 heavy (non-hydrogen) atoms. The average Bonchev–Trinajstić information content (AvgIpc) is 2.80. The van der Waals surface area contributed by atoms with Gasteiger partial charge in [0.1, 0.15) is 6.23 Å². The van der Waals surface area contributed by atoms with E-state index in [-0.39, 0.29) is 17.7 Å². The maximum atomic E-state index is 11.6. The highest BCUT2D eigenvalue weighted by Gasteiger charge is 2.48. The second kappa shape index (κ2) is 3.91. The van der Waals surface area contributed by atoms with Crippen LogP contribution in [0.5, 0.6) is 0 Å². The first kappa shape index (κ1) is 11.4. The molecule has 2 aliphatic heterocycles. The fraction of sp³-hybridized carbons (Fsp3) is 0.583. The Morgan fingerprint density at radius 3 is 2.61 bits per heavy atom. The number of aliphatic hydroxyl groups is 1. The van der Waals surface area contributed by atoms with Gasteiger partial charge in [-0.25, -0.2) is 9.97 Å². The predicted molar refractivity (Wildman–Crippen MR) is 64.8 cm³/mol. The van der Waals surface area contributed by atoms with Gasteiger partial charge in [-0.15, -0.1) is 0 Å². The summed E-state index contributed by atoms with van der Waals surface area (Å²) in [5, 5.41) is 12.3. The number of carbonyl (C=O) groups is 1. The second-order valence-electron chi connectivity index (χ2n) is 5.08. The highest BCUT2D eigenvalue weighted by molar-refractivity contribution is 5.83. The zero-order chi connectivity index (χ0) is 12.9. The lowest BCUT2D eigenvalue weighted by Crippen LogP contribution is -2.35. The third-order valence-electron chi connectivity index (χ3n) is 3.65. The molecule has 3 atom stereocenters. The van der Waals surface area contributed by atoms with E-state index in [0.29, 0.717) is 19.0 Å². The van der Waals surface area contributed by atoms with Crippen molar-refractivity contribution in [3.05, 3.63) is 17.5 Å². The summed E-state index contributed by atoms with van der Waals surface area (Å²) in [6, 6.07) is 1.92. The summed E-state index contributed by atoms with van der Waals surface area (Å²) in [5.41, 5.74) is 1.83. The lowest BCUT2D eigenvalue weighted by Gasteiger charge is -2.19. The molecule has 0 aliphatic carbocycles. The van der Waals surface area contributed by atoms with E-state index in [0.717, 1.165) is 11.4 Å². The van der Waals surface area contributed by atoms with Gasteiger partial charge in [0, 0.05) is 30.4 Å². The highest BCUT2D eigenvalue weighted by atomic mass is 16.3. The zero-order valence-corrected chi connectivity index (χ0v) is 10.4. The molecule has 6 heteroatoms. The summed E-state index contributed by atoms with van der Waals surface area (Å²) >= 11 is 0. The van der Waals surface area contributed by atoms with Crippen LogP contribution >= 0.6 is 0 Å². The van der Waals surface area contributed by atoms with Gasteiger partial charge < -0.3 is 15.3 Å². The summed E-state index contributed by atoms with van der Waals surface area (Å²) < 4.78 is 0. The number of amides is 1. The van der Waals surface area contributed by atoms with Gasteiger partial charge in [-0.1, -0.05) is 0 Å². The molecule has 2 N–H and O–H groups in total. The van der Waals surface area contributed by atoms with Crippen molar-refractivity contribution in [2.75, 3.05) is 18.0 Å². The highest BCUT2D eigenvalue weighted by Crippen LogP contribution is 2.32. The fourth-order valence-corrected chi connectivity index (χ4v) is 2.80. The van der Waals surface area contributed by atoms with Gasteiger partial charge in [-0.2, -0.15) is 0 Å². The van der Waals surface area contributed by atoms with Crippen LogP contribution in [0.25, 0.3) is 0 Å². The van der Waals surface area contributed by atoms with Crippen LogP contribution in [-0.2, 0) is 4.79 Å². The molecule has 2 aliphatic rings. The molecule has 1 aromatic heterocycles. The molecule has 0 aromatic carbocycles. The second-order valence-corrected chi connectivity index (χ2v) is 5.08. The van der Waals surface area contributed by atoms with Crippen molar-refractivity contribution in [2.45, 2.75) is 20.1 Å². The minimum absolute atomic E-state index is 0.0538. The van der Waals surface area contributed by atoms with Crippen LogP contribution in [0.3, 0.4) is 0 Å². The normalized spacial score (nSPS) is 30.5. The molecule has 3 heterocycles. The van der Waals surface area contributed by atoms with Crippen molar-refractivity contribution in [2.24, 2.45) is 11.8 Å². The van der Waals surface area contributed by atoms with Crippen molar-refractivity contribution in [3.63, 3.8) is 0 Å². The lowest BCUT2D eigenvalue weighted by atomic mass is 9.99. The molecular formula is C12H16N4O2. The Labute approximate surface area is 105 Å². The number of aromatic nitrogens is 2. The van der Waals surface area contributed by atoms with Gasteiger partial charge in [0.2, 0.25) is 11.9 Å². The lowest BCUT2D eigenvalue weighted by molar-refractivity contribution is -0.122. The molecule has 0 spiro atoms. The van der Waals surface area contributed by atoms with E-state index in [9.17, 15) is 9.90 Å². The SMILES string of the molecule is Cc1cc(C)nc(N2C[C@@H]3C(O)NC(=O)[C@@H]3C2)n1. The Hall–Kier alpha value is -1.69. The summed E-state index contributed by atoms with van der Waals surface area (Å²) in [4.78, 5) is 22.4. The molecule has 2 saturated heterocycles. The molecule has 96 valence electrons. The van der Waals surface area contributed by atoms with E-state index < -0.39 is 6.23 Å². The maximum Gasteiger partial charge on any atom is 0.227 e. The predicted octanol–water partition coefficient (Wildman–Crippen LogP) is -0.406. The maximum absolute atomic E-state index is 11.6. The van der Waals surface area contributed by atoms with E-state index in [1.165, 1.54) is 0 Å². The van der Waals surface area contributed by atoms with Crippen LogP contribution < -0.4 is 10.2 Å². The number of hydrogen-bond donors (Lipinski definition) is 2. The molecule has 1 aromatic rings. The Bertz CT molecular complexity index is 485. The quantitative estimate of drug-likeness (QED) is 0.706. The minimum atomic E-state index is -0.738. The molecule has 2 fully saturated rings. The Morgan fingerprint density at radius 1 is 1.33 bits per heavy atom. The van der Waals surface area contributed by atoms with E-state index in [4.69, 9.17) is 0 Å². The third kappa shape index (κ3) is 1.73. The van der Waals surface area contributed by atoms with Gasteiger partial charge in [0.05, 0.1) is 5.92 Å². The van der Waals surface area contributed by atoms with Gasteiger partial charge in [-0.3, -0.25) is 4.79 Å². The van der Waals surface area contributed by atoms with E-state index in [1.54, 1.807) is 0 Å². The zero-order valence-electron chi connectivity index (χ0n) is 10.4. The molecule has 1 unspecified atom stereocenters. The van der Waals surface area contributed by atoms with Crippen LogP contribution in [0.1, 0.15) is 11.4 Å². The Kier molecular flexibility index (Phi) is 2.48. The van der Waals surface area contributed by atoms with Crippen molar-refractivity contribution in [1.29, 1.82) is 0 Å². The summed E-state index contributed by atoms with van der Waals surface area (Å²) in [6.07, 6.45) is -0.738. The molecule has 6 nitrogen and oxygen atoms in total. The summed E-state index contributed by atoms with van der Waals surface area (Å²) in [7, 11) is 0. The number of anilines is 1.